The van der Waals surface area contributed by atoms with Crippen molar-refractivity contribution in [1.82, 2.24) is 5.16 Å². The zero-order valence-electron chi connectivity index (χ0n) is 12.8. The van der Waals surface area contributed by atoms with Crippen molar-refractivity contribution >= 4 is 29.0 Å². The number of benzene rings is 1. The van der Waals surface area contributed by atoms with Gasteiger partial charge in [0, 0.05) is 17.0 Å². The van der Waals surface area contributed by atoms with Crippen LogP contribution < -0.4 is 15.8 Å². The highest BCUT2D eigenvalue weighted by atomic mass is 32.2. The first kappa shape index (κ1) is 16.2. The average Bonchev–Trinajstić information content (AvgIpc) is 2.79. The third kappa shape index (κ3) is 3.94. The molecule has 0 saturated carbocycles. The molecule has 0 aliphatic carbocycles. The van der Waals surface area contributed by atoms with Crippen LogP contribution in [0.4, 0.5) is 11.4 Å². The molecule has 0 fully saturated rings. The zero-order valence-corrected chi connectivity index (χ0v) is 13.6. The second kappa shape index (κ2) is 7.22. The van der Waals surface area contributed by atoms with E-state index in [4.69, 9.17) is 15.0 Å². The molecule has 0 saturated heterocycles. The van der Waals surface area contributed by atoms with E-state index in [-0.39, 0.29) is 5.91 Å². The lowest BCUT2D eigenvalue weighted by atomic mass is 10.2. The van der Waals surface area contributed by atoms with Crippen LogP contribution in [0.3, 0.4) is 0 Å². The first-order valence-corrected chi connectivity index (χ1v) is 7.89. The van der Waals surface area contributed by atoms with E-state index in [9.17, 15) is 4.79 Å². The lowest BCUT2D eigenvalue weighted by Gasteiger charge is -2.08. The molecule has 1 amide bonds. The molecule has 0 unspecified atom stereocenters. The van der Waals surface area contributed by atoms with Crippen LogP contribution in [0.2, 0.25) is 0 Å². The van der Waals surface area contributed by atoms with Gasteiger partial charge in [0.2, 0.25) is 5.91 Å². The van der Waals surface area contributed by atoms with E-state index >= 15 is 0 Å². The molecule has 0 aliphatic heterocycles. The minimum absolute atomic E-state index is 0.0821. The number of aryl methyl sites for hydroxylation is 2. The quantitative estimate of drug-likeness (QED) is 0.795. The van der Waals surface area contributed by atoms with Crippen LogP contribution in [0.1, 0.15) is 17.0 Å². The van der Waals surface area contributed by atoms with E-state index in [1.165, 1.54) is 11.8 Å². The van der Waals surface area contributed by atoms with Crippen LogP contribution in [0.15, 0.2) is 22.7 Å². The molecule has 6 nitrogen and oxygen atoms in total. The van der Waals surface area contributed by atoms with Crippen molar-refractivity contribution in [3.8, 4) is 5.75 Å². The number of thioether (sulfide) groups is 1. The zero-order chi connectivity index (χ0) is 16.1. The first-order valence-electron chi connectivity index (χ1n) is 6.74. The van der Waals surface area contributed by atoms with Gasteiger partial charge in [-0.3, -0.25) is 4.79 Å². The Hall–Kier alpha value is -2.15. The molecule has 22 heavy (non-hydrogen) atoms. The van der Waals surface area contributed by atoms with Crippen molar-refractivity contribution in [2.45, 2.75) is 19.6 Å². The highest BCUT2D eigenvalue weighted by Gasteiger charge is 2.10. The summed E-state index contributed by atoms with van der Waals surface area (Å²) in [7, 11) is 1.55. The van der Waals surface area contributed by atoms with E-state index in [0.717, 1.165) is 17.0 Å². The highest BCUT2D eigenvalue weighted by Crippen LogP contribution is 2.25. The average molecular weight is 321 g/mol. The van der Waals surface area contributed by atoms with Gasteiger partial charge >= 0.3 is 0 Å². The molecule has 0 spiro atoms. The molecule has 2 aromatic rings. The Kier molecular flexibility index (Phi) is 5.32. The summed E-state index contributed by atoms with van der Waals surface area (Å²) in [5.74, 6) is 2.34. The first-order chi connectivity index (χ1) is 10.5. The van der Waals surface area contributed by atoms with Gasteiger partial charge in [-0.2, -0.15) is 0 Å². The lowest BCUT2D eigenvalue weighted by Crippen LogP contribution is -2.14. The molecule has 7 heteroatoms. The van der Waals surface area contributed by atoms with Gasteiger partial charge in [-0.05, 0) is 32.0 Å². The fraction of sp³-hybridized carbons (Fsp3) is 0.333. The molecule has 0 radical (unpaired) electrons. The number of rotatable bonds is 6. The van der Waals surface area contributed by atoms with Gasteiger partial charge < -0.3 is 20.3 Å². The van der Waals surface area contributed by atoms with Gasteiger partial charge in [0.1, 0.15) is 11.5 Å². The summed E-state index contributed by atoms with van der Waals surface area (Å²) in [6, 6.07) is 5.16. The van der Waals surface area contributed by atoms with Crippen LogP contribution in [0.25, 0.3) is 0 Å². The summed E-state index contributed by atoms with van der Waals surface area (Å²) in [6.45, 7) is 3.77. The Morgan fingerprint density at radius 3 is 2.82 bits per heavy atom. The molecule has 0 bridgehead atoms. The number of hydrogen-bond donors (Lipinski definition) is 2. The summed E-state index contributed by atoms with van der Waals surface area (Å²) in [6.07, 6.45) is 0. The summed E-state index contributed by atoms with van der Waals surface area (Å²) in [5.41, 5.74) is 8.87. The number of ether oxygens (including phenoxy) is 1. The number of amides is 1. The number of nitrogens with zero attached hydrogens (tertiary/aromatic N) is 1. The monoisotopic (exact) mass is 321 g/mol. The van der Waals surface area contributed by atoms with Crippen LogP contribution >= 0.6 is 11.8 Å². The number of carbonyl (C=O) groups is 1. The fourth-order valence-electron chi connectivity index (χ4n) is 1.96. The van der Waals surface area contributed by atoms with E-state index in [0.29, 0.717) is 28.6 Å². The minimum Gasteiger partial charge on any atom is -0.495 e. The topological polar surface area (TPSA) is 90.4 Å². The van der Waals surface area contributed by atoms with Gasteiger partial charge in [0.25, 0.3) is 0 Å². The van der Waals surface area contributed by atoms with Gasteiger partial charge in [-0.25, -0.2) is 0 Å². The second-order valence-corrected chi connectivity index (χ2v) is 5.79. The number of nitrogen functional groups attached to an aromatic ring is 1. The molecular weight excluding hydrogens is 302 g/mol. The molecule has 2 rings (SSSR count). The maximum atomic E-state index is 11.9. The SMILES string of the molecule is COc1ccc(NC(=O)CSCc2c(C)noc2C)cc1N. The normalized spacial score (nSPS) is 10.5. The Labute approximate surface area is 133 Å². The lowest BCUT2D eigenvalue weighted by molar-refractivity contribution is -0.113. The van der Waals surface area contributed by atoms with Crippen molar-refractivity contribution < 1.29 is 14.1 Å². The summed E-state index contributed by atoms with van der Waals surface area (Å²) >= 11 is 1.51. The molecule has 118 valence electrons. The molecule has 0 atom stereocenters. The number of methoxy groups -OCH3 is 1. The van der Waals surface area contributed by atoms with Crippen molar-refractivity contribution in [2.24, 2.45) is 0 Å². The van der Waals surface area contributed by atoms with E-state index in [1.807, 2.05) is 13.8 Å². The number of carbonyl (C=O) groups excluding carboxylic acids is 1. The van der Waals surface area contributed by atoms with Gasteiger partial charge in [0.15, 0.2) is 0 Å². The molecule has 3 N–H and O–H groups in total. The highest BCUT2D eigenvalue weighted by molar-refractivity contribution is 7.99. The van der Waals surface area contributed by atoms with Crippen LogP contribution in [0, 0.1) is 13.8 Å². The van der Waals surface area contributed by atoms with Crippen molar-refractivity contribution in [1.29, 1.82) is 0 Å². The third-order valence-electron chi connectivity index (χ3n) is 3.17. The molecule has 1 heterocycles. The van der Waals surface area contributed by atoms with Crippen LogP contribution in [0.5, 0.6) is 5.75 Å². The molecular formula is C15H19N3O3S. The van der Waals surface area contributed by atoms with Crippen molar-refractivity contribution in [3.63, 3.8) is 0 Å². The molecule has 1 aromatic carbocycles. The van der Waals surface area contributed by atoms with E-state index < -0.39 is 0 Å². The predicted molar refractivity (Wildman–Crippen MR) is 88.2 cm³/mol. The van der Waals surface area contributed by atoms with Crippen LogP contribution in [-0.2, 0) is 10.5 Å². The van der Waals surface area contributed by atoms with E-state index in [2.05, 4.69) is 10.5 Å². The number of nitrogens with two attached hydrogens (primary N) is 1. The van der Waals surface area contributed by atoms with Gasteiger partial charge in [0.05, 0.1) is 24.2 Å². The molecule has 1 aromatic heterocycles. The number of nitrogens with one attached hydrogen (secondary N) is 1. The fourth-order valence-corrected chi connectivity index (χ4v) is 2.94. The largest absolute Gasteiger partial charge is 0.495 e. The number of anilines is 2. The van der Waals surface area contributed by atoms with Crippen LogP contribution in [-0.4, -0.2) is 23.9 Å². The Balaban J connectivity index is 1.84. The van der Waals surface area contributed by atoms with E-state index in [1.54, 1.807) is 25.3 Å². The van der Waals surface area contributed by atoms with Gasteiger partial charge in [-0.1, -0.05) is 5.16 Å². The number of hydrogen-bond acceptors (Lipinski definition) is 6. The maximum absolute atomic E-state index is 11.9. The standard InChI is InChI=1S/C15H19N3O3S/c1-9-12(10(2)21-18-9)7-22-8-15(19)17-11-4-5-14(20-3)13(16)6-11/h4-6H,7-8,16H2,1-3H3,(H,17,19). The second-order valence-electron chi connectivity index (χ2n) is 4.80. The minimum atomic E-state index is -0.0821. The van der Waals surface area contributed by atoms with Gasteiger partial charge in [-0.15, -0.1) is 11.8 Å². The maximum Gasteiger partial charge on any atom is 0.234 e. The Bertz CT molecular complexity index is 651. The summed E-state index contributed by atoms with van der Waals surface area (Å²) in [4.78, 5) is 11.9. The third-order valence-corrected chi connectivity index (χ3v) is 4.13. The van der Waals surface area contributed by atoms with Crippen molar-refractivity contribution in [2.75, 3.05) is 23.9 Å². The predicted octanol–water partition coefficient (Wildman–Crippen LogP) is 2.75. The summed E-state index contributed by atoms with van der Waals surface area (Å²) in [5, 5.41) is 6.70. The van der Waals surface area contributed by atoms with Crippen molar-refractivity contribution in [3.05, 3.63) is 35.2 Å². The summed E-state index contributed by atoms with van der Waals surface area (Å²) < 4.78 is 10.2. The smallest absolute Gasteiger partial charge is 0.234 e. The number of aromatic nitrogens is 1. The Morgan fingerprint density at radius 2 is 2.23 bits per heavy atom. The molecule has 0 aliphatic rings. The Morgan fingerprint density at radius 1 is 1.45 bits per heavy atom.